The van der Waals surface area contributed by atoms with Crippen molar-refractivity contribution < 1.29 is 13.5 Å². The predicted octanol–water partition coefficient (Wildman–Crippen LogP) is -0.0379. The molecule has 0 bridgehead atoms. The number of sulfone groups is 1. The van der Waals surface area contributed by atoms with E-state index in [1.165, 1.54) is 5.56 Å². The van der Waals surface area contributed by atoms with Gasteiger partial charge in [-0.3, -0.25) is 9.80 Å². The second-order valence-electron chi connectivity index (χ2n) is 6.01. The zero-order valence-electron chi connectivity index (χ0n) is 12.1. The van der Waals surface area contributed by atoms with Gasteiger partial charge in [0.2, 0.25) is 0 Å². The number of rotatable bonds is 3. The molecule has 5 nitrogen and oxygen atoms in total. The minimum Gasteiger partial charge on any atom is -0.390 e. The van der Waals surface area contributed by atoms with Crippen molar-refractivity contribution in [3.05, 3.63) is 35.9 Å². The van der Waals surface area contributed by atoms with Crippen LogP contribution in [0.25, 0.3) is 0 Å². The molecule has 0 saturated carbocycles. The smallest absolute Gasteiger partial charge is 0.154 e. The Bertz CT molecular complexity index is 568. The quantitative estimate of drug-likeness (QED) is 0.849. The first-order chi connectivity index (χ1) is 10.0. The molecule has 0 spiro atoms. The van der Waals surface area contributed by atoms with E-state index in [1.54, 1.807) is 0 Å². The van der Waals surface area contributed by atoms with Gasteiger partial charge in [-0.15, -0.1) is 0 Å². The van der Waals surface area contributed by atoms with E-state index in [2.05, 4.69) is 21.9 Å². The van der Waals surface area contributed by atoms with Crippen molar-refractivity contribution in [3.63, 3.8) is 0 Å². The summed E-state index contributed by atoms with van der Waals surface area (Å²) in [6.07, 6.45) is -0.726. The maximum Gasteiger partial charge on any atom is 0.154 e. The highest BCUT2D eigenvalue weighted by Crippen LogP contribution is 2.20. The van der Waals surface area contributed by atoms with Crippen molar-refractivity contribution in [2.45, 2.75) is 18.7 Å². The molecule has 21 heavy (non-hydrogen) atoms. The van der Waals surface area contributed by atoms with E-state index in [-0.39, 0.29) is 17.5 Å². The minimum atomic E-state index is -3.06. The summed E-state index contributed by atoms with van der Waals surface area (Å²) in [5.41, 5.74) is 1.30. The summed E-state index contributed by atoms with van der Waals surface area (Å²) in [5.74, 6) is 0.0226. The van der Waals surface area contributed by atoms with Crippen molar-refractivity contribution in [3.8, 4) is 0 Å². The summed E-state index contributed by atoms with van der Waals surface area (Å²) in [7, 11) is -3.06. The number of nitrogens with zero attached hydrogens (tertiary/aromatic N) is 2. The Kier molecular flexibility index (Phi) is 4.31. The van der Waals surface area contributed by atoms with E-state index in [9.17, 15) is 13.5 Å². The molecule has 0 aliphatic carbocycles. The van der Waals surface area contributed by atoms with Crippen molar-refractivity contribution in [1.82, 2.24) is 9.80 Å². The molecule has 6 heteroatoms. The fourth-order valence-corrected chi connectivity index (χ4v) is 5.09. The summed E-state index contributed by atoms with van der Waals surface area (Å²) in [6, 6.07) is 10.1. The van der Waals surface area contributed by atoms with Gasteiger partial charge in [0.1, 0.15) is 0 Å². The van der Waals surface area contributed by atoms with Crippen LogP contribution in [0, 0.1) is 0 Å². The lowest BCUT2D eigenvalue weighted by molar-refractivity contribution is 0.0424. The number of aliphatic hydroxyl groups excluding tert-OH is 1. The Morgan fingerprint density at radius 2 is 1.71 bits per heavy atom. The van der Waals surface area contributed by atoms with Gasteiger partial charge in [0.15, 0.2) is 9.84 Å². The van der Waals surface area contributed by atoms with Crippen LogP contribution in [-0.2, 0) is 16.4 Å². The van der Waals surface area contributed by atoms with Crippen LogP contribution in [0.15, 0.2) is 30.3 Å². The summed E-state index contributed by atoms with van der Waals surface area (Å²) >= 11 is 0. The van der Waals surface area contributed by atoms with Crippen molar-refractivity contribution in [2.24, 2.45) is 0 Å². The fraction of sp³-hybridized carbons (Fsp3) is 0.600. The van der Waals surface area contributed by atoms with Gasteiger partial charge in [-0.25, -0.2) is 8.42 Å². The van der Waals surface area contributed by atoms with Crippen LogP contribution in [0.5, 0.6) is 0 Å². The van der Waals surface area contributed by atoms with Gasteiger partial charge < -0.3 is 5.11 Å². The van der Waals surface area contributed by atoms with E-state index in [4.69, 9.17) is 0 Å². The average Bonchev–Trinajstić information content (AvgIpc) is 2.74. The van der Waals surface area contributed by atoms with E-state index >= 15 is 0 Å². The normalized spacial score (nSPS) is 30.5. The topological polar surface area (TPSA) is 60.9 Å². The third-order valence-electron chi connectivity index (χ3n) is 4.42. The minimum absolute atomic E-state index is 0.0815. The van der Waals surface area contributed by atoms with Crippen molar-refractivity contribution >= 4 is 9.84 Å². The Morgan fingerprint density at radius 3 is 2.29 bits per heavy atom. The second-order valence-corrected chi connectivity index (χ2v) is 8.16. The summed E-state index contributed by atoms with van der Waals surface area (Å²) in [6.45, 7) is 4.41. The molecule has 0 radical (unpaired) electrons. The molecule has 0 amide bonds. The lowest BCUT2D eigenvalue weighted by Crippen LogP contribution is -2.53. The first kappa shape index (κ1) is 15.0. The highest BCUT2D eigenvalue weighted by atomic mass is 32.2. The SMILES string of the molecule is O=S1(=O)C[C@@H](O)[C@@H](N2CCN(Cc3ccccc3)CC2)C1. The third-order valence-corrected chi connectivity index (χ3v) is 6.12. The number of aliphatic hydroxyl groups is 1. The van der Waals surface area contributed by atoms with Crippen LogP contribution in [0.2, 0.25) is 0 Å². The molecule has 2 heterocycles. The van der Waals surface area contributed by atoms with Crippen molar-refractivity contribution in [1.29, 1.82) is 0 Å². The largest absolute Gasteiger partial charge is 0.390 e. The fourth-order valence-electron chi connectivity index (χ4n) is 3.25. The van der Waals surface area contributed by atoms with Gasteiger partial charge in [0, 0.05) is 32.7 Å². The molecule has 1 aromatic rings. The Balaban J connectivity index is 1.54. The maximum absolute atomic E-state index is 11.6. The predicted molar refractivity (Wildman–Crippen MR) is 81.7 cm³/mol. The van der Waals surface area contributed by atoms with Gasteiger partial charge in [0.05, 0.1) is 23.7 Å². The van der Waals surface area contributed by atoms with E-state index in [0.717, 1.165) is 32.7 Å². The maximum atomic E-state index is 11.6. The Labute approximate surface area is 126 Å². The molecule has 116 valence electrons. The molecular formula is C15H22N2O3S. The lowest BCUT2D eigenvalue weighted by Gasteiger charge is -2.38. The number of benzene rings is 1. The van der Waals surface area contributed by atoms with Crippen LogP contribution in [0.3, 0.4) is 0 Å². The van der Waals surface area contributed by atoms with E-state index in [1.807, 2.05) is 18.2 Å². The molecule has 0 aromatic heterocycles. The standard InChI is InChI=1S/C15H22N2O3S/c18-15-12-21(19,20)11-14(15)17-8-6-16(7-9-17)10-13-4-2-1-3-5-13/h1-5,14-15,18H,6-12H2/t14-,15+/m0/s1. The lowest BCUT2D eigenvalue weighted by atomic mass is 10.1. The molecule has 2 aliphatic rings. The Hall–Kier alpha value is -0.950. The monoisotopic (exact) mass is 310 g/mol. The van der Waals surface area contributed by atoms with E-state index in [0.29, 0.717) is 0 Å². The first-order valence-corrected chi connectivity index (χ1v) is 9.24. The van der Waals surface area contributed by atoms with Crippen molar-refractivity contribution in [2.75, 3.05) is 37.7 Å². The molecule has 2 aliphatic heterocycles. The van der Waals surface area contributed by atoms with Crippen LogP contribution >= 0.6 is 0 Å². The van der Waals surface area contributed by atoms with Gasteiger partial charge in [-0.2, -0.15) is 0 Å². The summed E-state index contributed by atoms with van der Waals surface area (Å²) < 4.78 is 23.2. The second kappa shape index (κ2) is 6.04. The molecule has 1 aromatic carbocycles. The number of piperazine rings is 1. The summed E-state index contributed by atoms with van der Waals surface area (Å²) in [4.78, 5) is 4.51. The molecule has 3 rings (SSSR count). The average molecular weight is 310 g/mol. The molecule has 1 N–H and O–H groups in total. The molecule has 2 saturated heterocycles. The molecular weight excluding hydrogens is 288 g/mol. The number of hydrogen-bond acceptors (Lipinski definition) is 5. The van der Waals surface area contributed by atoms with Crippen LogP contribution in [0.4, 0.5) is 0 Å². The highest BCUT2D eigenvalue weighted by molar-refractivity contribution is 7.91. The van der Waals surface area contributed by atoms with Gasteiger partial charge in [-0.1, -0.05) is 30.3 Å². The first-order valence-electron chi connectivity index (χ1n) is 7.42. The van der Waals surface area contributed by atoms with Gasteiger partial charge in [-0.05, 0) is 5.56 Å². The van der Waals surface area contributed by atoms with Crippen LogP contribution in [-0.4, -0.2) is 73.2 Å². The van der Waals surface area contributed by atoms with E-state index < -0.39 is 15.9 Å². The molecule has 2 atom stereocenters. The van der Waals surface area contributed by atoms with Gasteiger partial charge >= 0.3 is 0 Å². The zero-order chi connectivity index (χ0) is 14.9. The Morgan fingerprint density at radius 1 is 1.05 bits per heavy atom. The number of hydrogen-bond donors (Lipinski definition) is 1. The molecule has 0 unspecified atom stereocenters. The zero-order valence-corrected chi connectivity index (χ0v) is 12.9. The highest BCUT2D eigenvalue weighted by Gasteiger charge is 2.40. The summed E-state index contributed by atoms with van der Waals surface area (Å²) in [5, 5.41) is 9.94. The van der Waals surface area contributed by atoms with Gasteiger partial charge in [0.25, 0.3) is 0 Å². The third kappa shape index (κ3) is 3.63. The van der Waals surface area contributed by atoms with Crippen LogP contribution in [0.1, 0.15) is 5.56 Å². The van der Waals surface area contributed by atoms with Crippen LogP contribution < -0.4 is 0 Å². The molecule has 2 fully saturated rings.